The minimum Gasteiger partial charge on any atom is -0.361 e. The molecule has 0 spiro atoms. The summed E-state index contributed by atoms with van der Waals surface area (Å²) in [4.78, 5) is 4.08. The van der Waals surface area contributed by atoms with Crippen molar-refractivity contribution in [2.45, 2.75) is 6.54 Å². The first-order valence-electron chi connectivity index (χ1n) is 4.25. The summed E-state index contributed by atoms with van der Waals surface area (Å²) in [5.41, 5.74) is 1.20. The maximum Gasteiger partial charge on any atom is 0.156 e. The van der Waals surface area contributed by atoms with Crippen molar-refractivity contribution in [1.29, 1.82) is 0 Å². The van der Waals surface area contributed by atoms with Gasteiger partial charge in [0, 0.05) is 18.6 Å². The Morgan fingerprint density at radius 3 is 2.57 bits per heavy atom. The van der Waals surface area contributed by atoms with E-state index in [0.29, 0.717) is 0 Å². The van der Waals surface area contributed by atoms with Gasteiger partial charge in [-0.1, -0.05) is 35.5 Å². The van der Waals surface area contributed by atoms with E-state index < -0.39 is 0 Å². The van der Waals surface area contributed by atoms with Crippen molar-refractivity contribution in [2.75, 3.05) is 13.3 Å². The number of halogens is 1. The number of amidine groups is 1. The second-order valence-electron chi connectivity index (χ2n) is 2.71. The van der Waals surface area contributed by atoms with Gasteiger partial charge in [-0.2, -0.15) is 0 Å². The summed E-state index contributed by atoms with van der Waals surface area (Å²) in [6.45, 7) is 0.782. The molecule has 1 aromatic carbocycles. The van der Waals surface area contributed by atoms with Crippen LogP contribution in [0, 0.1) is 0 Å². The summed E-state index contributed by atoms with van der Waals surface area (Å²) in [6, 6.07) is 7.78. The summed E-state index contributed by atoms with van der Waals surface area (Å²) in [7, 11) is 1.78. The van der Waals surface area contributed by atoms with Gasteiger partial charge in [0.2, 0.25) is 0 Å². The summed E-state index contributed by atoms with van der Waals surface area (Å²) >= 11 is 7.39. The Morgan fingerprint density at radius 2 is 2.07 bits per heavy atom. The molecule has 0 aliphatic heterocycles. The van der Waals surface area contributed by atoms with E-state index in [0.717, 1.165) is 16.7 Å². The quantitative estimate of drug-likeness (QED) is 0.622. The van der Waals surface area contributed by atoms with Crippen LogP contribution in [0.4, 0.5) is 0 Å². The first-order valence-corrected chi connectivity index (χ1v) is 5.85. The van der Waals surface area contributed by atoms with Crippen molar-refractivity contribution in [3.63, 3.8) is 0 Å². The predicted octanol–water partition coefficient (Wildman–Crippen LogP) is 2.78. The average Bonchev–Trinajstić information content (AvgIpc) is 2.22. The van der Waals surface area contributed by atoms with Crippen molar-refractivity contribution < 1.29 is 0 Å². The summed E-state index contributed by atoms with van der Waals surface area (Å²) in [6.07, 6.45) is 2.00. The lowest BCUT2D eigenvalue weighted by Crippen LogP contribution is -2.19. The molecule has 0 atom stereocenters. The van der Waals surface area contributed by atoms with E-state index >= 15 is 0 Å². The molecule has 4 heteroatoms. The third-order valence-corrected chi connectivity index (χ3v) is 2.72. The molecule has 0 bridgehead atoms. The fraction of sp³-hybridized carbons (Fsp3) is 0.300. The van der Waals surface area contributed by atoms with E-state index in [1.807, 2.05) is 30.5 Å². The Balaban J connectivity index is 2.49. The molecule has 1 N–H and O–H groups in total. The van der Waals surface area contributed by atoms with Crippen LogP contribution in [0.2, 0.25) is 5.02 Å². The number of benzene rings is 1. The molecule has 0 fully saturated rings. The molecule has 0 aromatic heterocycles. The Bertz CT molecular complexity index is 308. The maximum atomic E-state index is 5.78. The summed E-state index contributed by atoms with van der Waals surface area (Å²) < 4.78 is 0. The van der Waals surface area contributed by atoms with Gasteiger partial charge < -0.3 is 5.32 Å². The normalized spacial score (nSPS) is 11.5. The van der Waals surface area contributed by atoms with Gasteiger partial charge in [0.15, 0.2) is 5.17 Å². The fourth-order valence-corrected chi connectivity index (χ4v) is 1.55. The molecular weight excluding hydrogens is 216 g/mol. The van der Waals surface area contributed by atoms with E-state index in [1.165, 1.54) is 5.56 Å². The van der Waals surface area contributed by atoms with Crippen molar-refractivity contribution >= 4 is 28.5 Å². The number of nitrogens with one attached hydrogen (secondary N) is 1. The number of thioether (sulfide) groups is 1. The number of nitrogens with zero attached hydrogens (tertiary/aromatic N) is 1. The predicted molar refractivity (Wildman–Crippen MR) is 65.2 cm³/mol. The van der Waals surface area contributed by atoms with Gasteiger partial charge >= 0.3 is 0 Å². The first kappa shape index (κ1) is 11.4. The molecule has 0 radical (unpaired) electrons. The van der Waals surface area contributed by atoms with Crippen molar-refractivity contribution in [1.82, 2.24) is 5.32 Å². The molecule has 0 heterocycles. The molecular formula is C10H13ClN2S. The Kier molecular flexibility index (Phi) is 4.84. The summed E-state index contributed by atoms with van der Waals surface area (Å²) in [5.74, 6) is 0. The van der Waals surface area contributed by atoms with Crippen LogP contribution >= 0.6 is 23.4 Å². The molecule has 1 rings (SSSR count). The highest BCUT2D eigenvalue weighted by molar-refractivity contribution is 8.13. The van der Waals surface area contributed by atoms with E-state index in [4.69, 9.17) is 11.6 Å². The SMILES string of the molecule is CN=C(NCc1ccc(Cl)cc1)SC. The zero-order valence-electron chi connectivity index (χ0n) is 8.25. The molecule has 76 valence electrons. The van der Waals surface area contributed by atoms with Crippen LogP contribution in [-0.4, -0.2) is 18.5 Å². The van der Waals surface area contributed by atoms with E-state index in [9.17, 15) is 0 Å². The van der Waals surface area contributed by atoms with Gasteiger partial charge in [0.25, 0.3) is 0 Å². The maximum absolute atomic E-state index is 5.78. The van der Waals surface area contributed by atoms with Crippen molar-refractivity contribution in [3.8, 4) is 0 Å². The van der Waals surface area contributed by atoms with Gasteiger partial charge in [-0.3, -0.25) is 4.99 Å². The Morgan fingerprint density at radius 1 is 1.43 bits per heavy atom. The van der Waals surface area contributed by atoms with Crippen LogP contribution in [0.3, 0.4) is 0 Å². The Labute approximate surface area is 93.8 Å². The van der Waals surface area contributed by atoms with Gasteiger partial charge in [0.05, 0.1) is 0 Å². The fourth-order valence-electron chi connectivity index (χ4n) is 1.02. The monoisotopic (exact) mass is 228 g/mol. The minimum atomic E-state index is 0.767. The molecule has 0 aliphatic rings. The van der Waals surface area contributed by atoms with Gasteiger partial charge in [-0.25, -0.2) is 0 Å². The van der Waals surface area contributed by atoms with Crippen LogP contribution in [0.15, 0.2) is 29.3 Å². The van der Waals surface area contributed by atoms with Gasteiger partial charge in [-0.15, -0.1) is 0 Å². The molecule has 0 unspecified atom stereocenters. The van der Waals surface area contributed by atoms with Crippen molar-refractivity contribution in [2.24, 2.45) is 4.99 Å². The topological polar surface area (TPSA) is 24.4 Å². The lowest BCUT2D eigenvalue weighted by molar-refractivity contribution is 0.925. The zero-order chi connectivity index (χ0) is 10.4. The van der Waals surface area contributed by atoms with E-state index in [-0.39, 0.29) is 0 Å². The first-order chi connectivity index (χ1) is 6.76. The lowest BCUT2D eigenvalue weighted by atomic mass is 10.2. The molecule has 0 amide bonds. The van der Waals surface area contributed by atoms with E-state index in [2.05, 4.69) is 10.3 Å². The zero-order valence-corrected chi connectivity index (χ0v) is 9.82. The highest BCUT2D eigenvalue weighted by Gasteiger charge is 1.95. The second kappa shape index (κ2) is 5.94. The third kappa shape index (κ3) is 3.60. The minimum absolute atomic E-state index is 0.767. The molecule has 0 aliphatic carbocycles. The molecule has 1 aromatic rings. The number of aliphatic imine (C=N–C) groups is 1. The van der Waals surface area contributed by atoms with Crippen LogP contribution in [0.25, 0.3) is 0 Å². The molecule has 2 nitrogen and oxygen atoms in total. The highest BCUT2D eigenvalue weighted by atomic mass is 35.5. The number of hydrogen-bond acceptors (Lipinski definition) is 2. The molecule has 0 saturated heterocycles. The largest absolute Gasteiger partial charge is 0.361 e. The third-order valence-electron chi connectivity index (χ3n) is 1.75. The molecule has 14 heavy (non-hydrogen) atoms. The second-order valence-corrected chi connectivity index (χ2v) is 3.94. The number of rotatable bonds is 2. The average molecular weight is 229 g/mol. The molecule has 0 saturated carbocycles. The van der Waals surface area contributed by atoms with Crippen molar-refractivity contribution in [3.05, 3.63) is 34.9 Å². The smallest absolute Gasteiger partial charge is 0.156 e. The van der Waals surface area contributed by atoms with Crippen LogP contribution in [-0.2, 0) is 6.54 Å². The van der Waals surface area contributed by atoms with Crippen LogP contribution in [0.1, 0.15) is 5.56 Å². The van der Waals surface area contributed by atoms with Gasteiger partial charge in [-0.05, 0) is 24.0 Å². The Hall–Kier alpha value is -0.670. The van der Waals surface area contributed by atoms with Crippen LogP contribution < -0.4 is 5.32 Å². The standard InChI is InChI=1S/C10H13ClN2S/c1-12-10(14-2)13-7-8-3-5-9(11)6-4-8/h3-6H,7H2,1-2H3,(H,12,13). The summed E-state index contributed by atoms with van der Waals surface area (Å²) in [5, 5.41) is 4.94. The highest BCUT2D eigenvalue weighted by Crippen LogP contribution is 2.09. The number of hydrogen-bond donors (Lipinski definition) is 1. The van der Waals surface area contributed by atoms with Gasteiger partial charge in [0.1, 0.15) is 0 Å². The van der Waals surface area contributed by atoms with E-state index in [1.54, 1.807) is 18.8 Å². The lowest BCUT2D eigenvalue weighted by Gasteiger charge is -2.06. The van der Waals surface area contributed by atoms with Crippen LogP contribution in [0.5, 0.6) is 0 Å².